The smallest absolute Gasteiger partial charge is 0.123 e. The highest BCUT2D eigenvalue weighted by Gasteiger charge is 2.34. The Morgan fingerprint density at radius 3 is 2.35 bits per heavy atom. The molecule has 0 aromatic heterocycles. The highest BCUT2D eigenvalue weighted by molar-refractivity contribution is 7.97. The summed E-state index contributed by atoms with van der Waals surface area (Å²) in [6, 6.07) is 13.4. The minimum atomic E-state index is -0.194. The van der Waals surface area contributed by atoms with Crippen molar-refractivity contribution in [2.75, 3.05) is 13.1 Å². The van der Waals surface area contributed by atoms with Crippen molar-refractivity contribution in [3.8, 4) is 0 Å². The van der Waals surface area contributed by atoms with Crippen LogP contribution in [-0.2, 0) is 5.54 Å². The van der Waals surface area contributed by atoms with E-state index in [9.17, 15) is 4.39 Å². The van der Waals surface area contributed by atoms with Crippen LogP contribution in [0.3, 0.4) is 0 Å². The Balaban J connectivity index is 1.84. The van der Waals surface area contributed by atoms with Crippen molar-refractivity contribution in [3.63, 3.8) is 0 Å². The number of piperidine rings is 1. The number of nitrogens with one attached hydrogen (secondary N) is 2. The van der Waals surface area contributed by atoms with Crippen LogP contribution in [0.4, 0.5) is 4.39 Å². The monoisotopic (exact) mass is 330 g/mol. The average molecular weight is 330 g/mol. The topological polar surface area (TPSA) is 24.1 Å². The van der Waals surface area contributed by atoms with Gasteiger partial charge < -0.3 is 5.32 Å². The largest absolute Gasteiger partial charge is 0.317 e. The molecule has 0 saturated carbocycles. The zero-order chi connectivity index (χ0) is 16.3. The Morgan fingerprint density at radius 1 is 1.00 bits per heavy atom. The van der Waals surface area contributed by atoms with Gasteiger partial charge in [0, 0.05) is 4.90 Å². The Bertz CT molecular complexity index is 664. The first-order chi connectivity index (χ1) is 11.1. The summed E-state index contributed by atoms with van der Waals surface area (Å²) in [5.74, 6) is -0.194. The van der Waals surface area contributed by atoms with Gasteiger partial charge in [0.25, 0.3) is 0 Å². The molecule has 122 valence electrons. The molecule has 0 radical (unpaired) electrons. The summed E-state index contributed by atoms with van der Waals surface area (Å²) in [6.45, 7) is 6.32. The maximum Gasteiger partial charge on any atom is 0.123 e. The minimum absolute atomic E-state index is 0.0389. The number of hydrogen-bond donors (Lipinski definition) is 2. The van der Waals surface area contributed by atoms with E-state index in [-0.39, 0.29) is 11.4 Å². The molecule has 0 spiro atoms. The predicted octanol–water partition coefficient (Wildman–Crippen LogP) is 4.32. The summed E-state index contributed by atoms with van der Waals surface area (Å²) in [6.07, 6.45) is 2.09. The molecule has 2 nitrogen and oxygen atoms in total. The van der Waals surface area contributed by atoms with Gasteiger partial charge in [-0.3, -0.25) is 0 Å². The van der Waals surface area contributed by atoms with Crippen LogP contribution < -0.4 is 10.0 Å². The van der Waals surface area contributed by atoms with Gasteiger partial charge in [0.05, 0.1) is 5.54 Å². The van der Waals surface area contributed by atoms with E-state index in [2.05, 4.69) is 42.1 Å². The molecule has 1 heterocycles. The van der Waals surface area contributed by atoms with E-state index in [0.29, 0.717) is 0 Å². The first-order valence-electron chi connectivity index (χ1n) is 8.07. The van der Waals surface area contributed by atoms with E-state index in [1.807, 2.05) is 12.1 Å². The van der Waals surface area contributed by atoms with Gasteiger partial charge in [-0.15, -0.1) is 0 Å². The van der Waals surface area contributed by atoms with E-state index in [4.69, 9.17) is 0 Å². The second-order valence-corrected chi connectivity index (χ2v) is 7.17. The quantitative estimate of drug-likeness (QED) is 0.817. The van der Waals surface area contributed by atoms with Crippen LogP contribution in [-0.4, -0.2) is 13.1 Å². The van der Waals surface area contributed by atoms with Crippen LogP contribution in [0, 0.1) is 19.7 Å². The number of halogens is 1. The fourth-order valence-corrected chi connectivity index (χ4v) is 3.91. The van der Waals surface area contributed by atoms with Gasteiger partial charge in [-0.1, -0.05) is 18.2 Å². The Morgan fingerprint density at radius 2 is 1.70 bits per heavy atom. The highest BCUT2D eigenvalue weighted by atomic mass is 32.2. The average Bonchev–Trinajstić information content (AvgIpc) is 2.58. The molecule has 1 saturated heterocycles. The normalized spacial score (nSPS) is 17.2. The molecule has 1 fully saturated rings. The molecule has 2 aromatic carbocycles. The fraction of sp³-hybridized carbons (Fsp3) is 0.368. The van der Waals surface area contributed by atoms with Gasteiger partial charge >= 0.3 is 0 Å². The fourth-order valence-electron chi connectivity index (χ4n) is 3.00. The van der Waals surface area contributed by atoms with Gasteiger partial charge in [0.15, 0.2) is 0 Å². The maximum atomic E-state index is 13.1. The van der Waals surface area contributed by atoms with Gasteiger partial charge in [0.2, 0.25) is 0 Å². The molecule has 1 aliphatic heterocycles. The van der Waals surface area contributed by atoms with Crippen LogP contribution in [0.15, 0.2) is 47.4 Å². The first-order valence-corrected chi connectivity index (χ1v) is 8.89. The zero-order valence-electron chi connectivity index (χ0n) is 13.7. The molecule has 0 aliphatic carbocycles. The molecule has 4 heteroatoms. The summed E-state index contributed by atoms with van der Waals surface area (Å²) < 4.78 is 16.8. The third kappa shape index (κ3) is 3.77. The molecule has 0 bridgehead atoms. The van der Waals surface area contributed by atoms with E-state index in [1.165, 1.54) is 28.8 Å². The predicted molar refractivity (Wildman–Crippen MR) is 95.1 cm³/mol. The van der Waals surface area contributed by atoms with Crippen molar-refractivity contribution >= 4 is 11.9 Å². The number of aryl methyl sites for hydroxylation is 2. The molecule has 1 aliphatic rings. The third-order valence-electron chi connectivity index (χ3n) is 4.69. The van der Waals surface area contributed by atoms with Crippen LogP contribution >= 0.6 is 11.9 Å². The van der Waals surface area contributed by atoms with Crippen molar-refractivity contribution in [1.82, 2.24) is 10.0 Å². The van der Waals surface area contributed by atoms with Crippen LogP contribution in [0.1, 0.15) is 29.5 Å². The van der Waals surface area contributed by atoms with Gasteiger partial charge in [-0.25, -0.2) is 9.11 Å². The van der Waals surface area contributed by atoms with Crippen LogP contribution in [0.5, 0.6) is 0 Å². The van der Waals surface area contributed by atoms with E-state index >= 15 is 0 Å². The lowest BCUT2D eigenvalue weighted by molar-refractivity contribution is 0.295. The van der Waals surface area contributed by atoms with Crippen molar-refractivity contribution in [2.24, 2.45) is 0 Å². The Labute approximate surface area is 142 Å². The minimum Gasteiger partial charge on any atom is -0.317 e. The summed E-state index contributed by atoms with van der Waals surface area (Å²) in [7, 11) is 0. The number of rotatable bonds is 4. The molecule has 0 atom stereocenters. The van der Waals surface area contributed by atoms with Gasteiger partial charge in [0.1, 0.15) is 5.82 Å². The maximum absolute atomic E-state index is 13.1. The molecule has 3 rings (SSSR count). The van der Waals surface area contributed by atoms with Crippen molar-refractivity contribution < 1.29 is 4.39 Å². The van der Waals surface area contributed by atoms with Gasteiger partial charge in [-0.2, -0.15) is 0 Å². The molecule has 2 aromatic rings. The Kier molecular flexibility index (Phi) is 5.05. The summed E-state index contributed by atoms with van der Waals surface area (Å²) in [5, 5.41) is 3.44. The summed E-state index contributed by atoms with van der Waals surface area (Å²) >= 11 is 1.59. The molecular formula is C19H23FN2S. The second-order valence-electron chi connectivity index (χ2n) is 6.29. The molecular weight excluding hydrogens is 307 g/mol. The first kappa shape index (κ1) is 16.5. The molecule has 2 N–H and O–H groups in total. The van der Waals surface area contributed by atoms with Crippen molar-refractivity contribution in [1.29, 1.82) is 0 Å². The van der Waals surface area contributed by atoms with Crippen LogP contribution in [0.2, 0.25) is 0 Å². The SMILES string of the molecule is Cc1ccc(C2(NSc3ccc(F)cc3)CCNCC2)cc1C. The van der Waals surface area contributed by atoms with Crippen LogP contribution in [0.25, 0.3) is 0 Å². The lowest BCUT2D eigenvalue weighted by Gasteiger charge is -2.39. The Hall–Kier alpha value is -1.36. The van der Waals surface area contributed by atoms with E-state index in [1.54, 1.807) is 11.9 Å². The van der Waals surface area contributed by atoms with Crippen molar-refractivity contribution in [3.05, 3.63) is 65.0 Å². The highest BCUT2D eigenvalue weighted by Crippen LogP contribution is 2.35. The van der Waals surface area contributed by atoms with Crippen molar-refractivity contribution in [2.45, 2.75) is 37.1 Å². The van der Waals surface area contributed by atoms with E-state index < -0.39 is 0 Å². The standard InChI is InChI=1S/C19H23FN2S/c1-14-3-4-16(13-15(14)2)19(9-11-21-12-10-19)22-23-18-7-5-17(20)6-8-18/h3-8,13,21-22H,9-12H2,1-2H3. The molecule has 23 heavy (non-hydrogen) atoms. The summed E-state index contributed by atoms with van der Waals surface area (Å²) in [4.78, 5) is 1.04. The number of hydrogen-bond acceptors (Lipinski definition) is 3. The summed E-state index contributed by atoms with van der Waals surface area (Å²) in [5.41, 5.74) is 3.96. The van der Waals surface area contributed by atoms with E-state index in [0.717, 1.165) is 30.8 Å². The lowest BCUT2D eigenvalue weighted by Crippen LogP contribution is -2.47. The molecule has 0 unspecified atom stereocenters. The number of benzene rings is 2. The third-order valence-corrected chi connectivity index (χ3v) is 5.70. The zero-order valence-corrected chi connectivity index (χ0v) is 14.5. The lowest BCUT2D eigenvalue weighted by atomic mass is 9.81. The second kappa shape index (κ2) is 7.04. The van der Waals surface area contributed by atoms with Gasteiger partial charge in [-0.05, 0) is 92.7 Å². The molecule has 0 amide bonds.